The zero-order valence-electron chi connectivity index (χ0n) is 9.75. The topological polar surface area (TPSA) is 49.3 Å². The number of nitrogens with one attached hydrogen (secondary N) is 1. The molecule has 104 valence electrons. The fraction of sp³-hybridized carbons (Fsp3) is 0. The molecule has 0 saturated carbocycles. The first-order chi connectivity index (χ1) is 9.38. The normalized spacial score (nSPS) is 10.4. The molecule has 2 rings (SSSR count). The summed E-state index contributed by atoms with van der Waals surface area (Å²) in [5.74, 6) is -4.23. The van der Waals surface area contributed by atoms with Gasteiger partial charge in [-0.1, -0.05) is 11.6 Å². The summed E-state index contributed by atoms with van der Waals surface area (Å²) in [6.45, 7) is 0. The van der Waals surface area contributed by atoms with Gasteiger partial charge in [-0.25, -0.2) is 13.2 Å². The zero-order valence-corrected chi connectivity index (χ0v) is 10.5. The Morgan fingerprint density at radius 3 is 2.45 bits per heavy atom. The fourth-order valence-electron chi connectivity index (χ4n) is 1.50. The number of hydrogen-bond donors (Lipinski definition) is 2. The van der Waals surface area contributed by atoms with Crippen molar-refractivity contribution < 1.29 is 23.1 Å². The van der Waals surface area contributed by atoms with E-state index in [1.165, 1.54) is 0 Å². The quantitative estimate of drug-likeness (QED) is 0.888. The summed E-state index contributed by atoms with van der Waals surface area (Å²) < 4.78 is 39.1. The Morgan fingerprint density at radius 2 is 1.80 bits per heavy atom. The maximum atomic E-state index is 13.4. The highest BCUT2D eigenvalue weighted by molar-refractivity contribution is 6.31. The van der Waals surface area contributed by atoms with Crippen molar-refractivity contribution in [3.63, 3.8) is 0 Å². The van der Waals surface area contributed by atoms with E-state index < -0.39 is 29.1 Å². The second kappa shape index (κ2) is 5.42. The Labute approximate surface area is 116 Å². The molecule has 0 aliphatic heterocycles. The van der Waals surface area contributed by atoms with Gasteiger partial charge in [-0.3, -0.25) is 4.79 Å². The summed E-state index contributed by atoms with van der Waals surface area (Å²) >= 11 is 5.50. The lowest BCUT2D eigenvalue weighted by Gasteiger charge is -2.08. The van der Waals surface area contributed by atoms with E-state index in [2.05, 4.69) is 5.32 Å². The fourth-order valence-corrected chi connectivity index (χ4v) is 1.66. The van der Waals surface area contributed by atoms with Gasteiger partial charge in [0.05, 0.1) is 16.3 Å². The summed E-state index contributed by atoms with van der Waals surface area (Å²) in [7, 11) is 0. The first-order valence-electron chi connectivity index (χ1n) is 5.33. The summed E-state index contributed by atoms with van der Waals surface area (Å²) in [6.07, 6.45) is 0. The van der Waals surface area contributed by atoms with Crippen LogP contribution in [0.15, 0.2) is 30.3 Å². The van der Waals surface area contributed by atoms with Crippen LogP contribution in [0, 0.1) is 17.5 Å². The van der Waals surface area contributed by atoms with Gasteiger partial charge in [0.2, 0.25) is 0 Å². The highest BCUT2D eigenvalue weighted by atomic mass is 35.5. The van der Waals surface area contributed by atoms with Crippen LogP contribution >= 0.6 is 11.6 Å². The summed E-state index contributed by atoms with van der Waals surface area (Å²) in [4.78, 5) is 11.8. The second-order valence-electron chi connectivity index (χ2n) is 3.86. The Hall–Kier alpha value is -2.21. The molecular formula is C13H7ClF3NO2. The van der Waals surface area contributed by atoms with Crippen LogP contribution in [-0.4, -0.2) is 11.0 Å². The summed E-state index contributed by atoms with van der Waals surface area (Å²) in [5.41, 5.74) is -0.614. The van der Waals surface area contributed by atoms with Gasteiger partial charge in [0.25, 0.3) is 5.91 Å². The monoisotopic (exact) mass is 301 g/mol. The molecule has 3 nitrogen and oxygen atoms in total. The minimum Gasteiger partial charge on any atom is -0.507 e. The lowest BCUT2D eigenvalue weighted by molar-refractivity contribution is 0.102. The van der Waals surface area contributed by atoms with Crippen LogP contribution in [0.25, 0.3) is 0 Å². The van der Waals surface area contributed by atoms with E-state index in [1.807, 2.05) is 0 Å². The predicted octanol–water partition coefficient (Wildman–Crippen LogP) is 3.72. The smallest absolute Gasteiger partial charge is 0.259 e. The molecule has 2 aromatic rings. The van der Waals surface area contributed by atoms with Gasteiger partial charge in [-0.15, -0.1) is 0 Å². The van der Waals surface area contributed by atoms with Gasteiger partial charge in [-0.2, -0.15) is 0 Å². The van der Waals surface area contributed by atoms with Crippen molar-refractivity contribution in [1.29, 1.82) is 0 Å². The first kappa shape index (κ1) is 14.2. The molecule has 0 fully saturated rings. The van der Waals surface area contributed by atoms with Crippen molar-refractivity contribution in [2.45, 2.75) is 0 Å². The molecular weight excluding hydrogens is 295 g/mol. The molecule has 0 saturated heterocycles. The largest absolute Gasteiger partial charge is 0.507 e. The Balaban J connectivity index is 2.31. The highest BCUT2D eigenvalue weighted by Gasteiger charge is 2.16. The van der Waals surface area contributed by atoms with E-state index in [0.717, 1.165) is 18.2 Å². The standard InChI is InChI=1S/C13H7ClF3NO2/c14-8-4-7(12(19)5-9(8)16)13(20)18-11-2-1-6(15)3-10(11)17/h1-5,19H,(H,18,20). The van der Waals surface area contributed by atoms with Gasteiger partial charge >= 0.3 is 0 Å². The number of anilines is 1. The maximum absolute atomic E-state index is 13.4. The van der Waals surface area contributed by atoms with Crippen LogP contribution in [0.1, 0.15) is 10.4 Å². The lowest BCUT2D eigenvalue weighted by Crippen LogP contribution is -2.13. The molecule has 0 atom stereocenters. The number of carbonyl (C=O) groups is 1. The Morgan fingerprint density at radius 1 is 1.10 bits per heavy atom. The van der Waals surface area contributed by atoms with Gasteiger partial charge in [0.15, 0.2) is 0 Å². The first-order valence-corrected chi connectivity index (χ1v) is 5.70. The zero-order chi connectivity index (χ0) is 14.9. The number of aromatic hydroxyl groups is 1. The van der Waals surface area contributed by atoms with E-state index in [-0.39, 0.29) is 16.3 Å². The van der Waals surface area contributed by atoms with E-state index in [4.69, 9.17) is 11.6 Å². The van der Waals surface area contributed by atoms with Crippen LogP contribution < -0.4 is 5.32 Å². The third-order valence-electron chi connectivity index (χ3n) is 2.46. The number of rotatable bonds is 2. The average molecular weight is 302 g/mol. The highest BCUT2D eigenvalue weighted by Crippen LogP contribution is 2.26. The van der Waals surface area contributed by atoms with Crippen molar-refractivity contribution in [2.75, 3.05) is 5.32 Å². The SMILES string of the molecule is O=C(Nc1ccc(F)cc1F)c1cc(Cl)c(F)cc1O. The van der Waals surface area contributed by atoms with E-state index in [9.17, 15) is 23.1 Å². The lowest BCUT2D eigenvalue weighted by atomic mass is 10.1. The molecule has 0 spiro atoms. The molecule has 0 heterocycles. The third-order valence-corrected chi connectivity index (χ3v) is 2.75. The second-order valence-corrected chi connectivity index (χ2v) is 4.27. The molecule has 20 heavy (non-hydrogen) atoms. The number of halogens is 4. The van der Waals surface area contributed by atoms with Crippen molar-refractivity contribution in [3.05, 3.63) is 58.4 Å². The molecule has 0 radical (unpaired) electrons. The number of benzene rings is 2. The number of carbonyl (C=O) groups excluding carboxylic acids is 1. The minimum atomic E-state index is -0.981. The van der Waals surface area contributed by atoms with Crippen molar-refractivity contribution in [3.8, 4) is 5.75 Å². The van der Waals surface area contributed by atoms with Crippen molar-refractivity contribution in [2.24, 2.45) is 0 Å². The molecule has 2 N–H and O–H groups in total. The number of phenolic OH excluding ortho intramolecular Hbond substituents is 1. The van der Waals surface area contributed by atoms with Crippen LogP contribution in [-0.2, 0) is 0 Å². The molecule has 0 aliphatic rings. The molecule has 1 amide bonds. The number of hydrogen-bond acceptors (Lipinski definition) is 2. The molecule has 7 heteroatoms. The number of phenols is 1. The Kier molecular flexibility index (Phi) is 3.85. The van der Waals surface area contributed by atoms with Crippen molar-refractivity contribution in [1.82, 2.24) is 0 Å². The van der Waals surface area contributed by atoms with Gasteiger partial charge < -0.3 is 10.4 Å². The molecule has 0 aromatic heterocycles. The van der Waals surface area contributed by atoms with Crippen LogP contribution in [0.5, 0.6) is 5.75 Å². The van der Waals surface area contributed by atoms with Crippen LogP contribution in [0.2, 0.25) is 5.02 Å². The van der Waals surface area contributed by atoms with E-state index in [1.54, 1.807) is 0 Å². The molecule has 0 unspecified atom stereocenters. The molecule has 2 aromatic carbocycles. The average Bonchev–Trinajstić information content (AvgIpc) is 2.37. The van der Waals surface area contributed by atoms with Gasteiger partial charge in [0.1, 0.15) is 23.2 Å². The summed E-state index contributed by atoms with van der Waals surface area (Å²) in [5, 5.41) is 11.2. The maximum Gasteiger partial charge on any atom is 0.259 e. The Bertz CT molecular complexity index is 692. The van der Waals surface area contributed by atoms with Gasteiger partial charge in [0, 0.05) is 12.1 Å². The van der Waals surface area contributed by atoms with Crippen LogP contribution in [0.4, 0.5) is 18.9 Å². The van der Waals surface area contributed by atoms with Crippen LogP contribution in [0.3, 0.4) is 0 Å². The summed E-state index contributed by atoms with van der Waals surface area (Å²) in [6, 6.07) is 4.13. The molecule has 0 aliphatic carbocycles. The molecule has 0 bridgehead atoms. The third kappa shape index (κ3) is 2.85. The van der Waals surface area contributed by atoms with Gasteiger partial charge in [-0.05, 0) is 18.2 Å². The predicted molar refractivity (Wildman–Crippen MR) is 67.4 cm³/mol. The van der Waals surface area contributed by atoms with E-state index >= 15 is 0 Å². The number of amides is 1. The van der Waals surface area contributed by atoms with Crippen molar-refractivity contribution >= 4 is 23.2 Å². The minimum absolute atomic E-state index is 0.281. The van der Waals surface area contributed by atoms with E-state index in [0.29, 0.717) is 12.1 Å².